The predicted molar refractivity (Wildman–Crippen MR) is 143 cm³/mol. The van der Waals surface area contributed by atoms with E-state index in [0.717, 1.165) is 0 Å². The molecule has 6 N–H and O–H groups in total. The van der Waals surface area contributed by atoms with E-state index in [1.807, 2.05) is 0 Å². The van der Waals surface area contributed by atoms with E-state index in [1.165, 1.54) is 72.8 Å². The van der Waals surface area contributed by atoms with Crippen LogP contribution < -0.4 is 0 Å². The van der Waals surface area contributed by atoms with Gasteiger partial charge >= 0.3 is 35.8 Å². The third-order valence-electron chi connectivity index (χ3n) is 4.14. The van der Waals surface area contributed by atoms with Crippen LogP contribution >= 0.6 is 19.8 Å². The monoisotopic (exact) mass is 566 g/mol. The fourth-order valence-corrected chi connectivity index (χ4v) is 2.27. The molecular weight excluding hydrogens is 542 g/mol. The van der Waals surface area contributed by atoms with Crippen molar-refractivity contribution in [3.05, 3.63) is 106 Å². The summed E-state index contributed by atoms with van der Waals surface area (Å²) in [4.78, 5) is 62.0. The van der Waals surface area contributed by atoms with Gasteiger partial charge in [-0.15, -0.1) is 0 Å². The van der Waals surface area contributed by atoms with Crippen molar-refractivity contribution in [1.82, 2.24) is 0 Å². The second-order valence-corrected chi connectivity index (χ2v) is 6.56. The summed E-state index contributed by atoms with van der Waals surface area (Å²) in [6.45, 7) is 0. The normalized spacial score (nSPS) is 8.84. The van der Waals surface area contributed by atoms with E-state index in [1.54, 1.807) is 0 Å². The molecule has 0 aliphatic carbocycles. The molecule has 14 heteroatoms. The van der Waals surface area contributed by atoms with Crippen LogP contribution in [0.15, 0.2) is 72.8 Å². The molecule has 0 bridgehead atoms. The Hall–Kier alpha value is -4.66. The molecule has 0 heterocycles. The third-order valence-corrected chi connectivity index (χ3v) is 4.14. The summed E-state index contributed by atoms with van der Waals surface area (Å²) >= 11 is 0. The second kappa shape index (κ2) is 16.9. The molecule has 0 saturated heterocycles. The minimum absolute atomic E-state index is 0. The summed E-state index contributed by atoms with van der Waals surface area (Å²) in [5, 5.41) is 50.8. The van der Waals surface area contributed by atoms with Crippen molar-refractivity contribution < 1.29 is 59.4 Å². The van der Waals surface area contributed by atoms with E-state index in [-0.39, 0.29) is 53.2 Å². The molecule has 3 aromatic carbocycles. The molecule has 38 heavy (non-hydrogen) atoms. The predicted octanol–water partition coefficient (Wildman–Crippen LogP) is 3.37. The Labute approximate surface area is 221 Å². The molecule has 0 saturated carbocycles. The van der Waals surface area contributed by atoms with Crippen LogP contribution in [0.2, 0.25) is 0 Å². The highest BCUT2D eigenvalue weighted by Gasteiger charge is 2.06. The minimum atomic E-state index is -1.06. The van der Waals surface area contributed by atoms with Gasteiger partial charge in [0, 0.05) is 0 Å². The Morgan fingerprint density at radius 2 is 0.368 bits per heavy atom. The summed E-state index contributed by atoms with van der Waals surface area (Å²) in [7, 11) is 0. The summed E-state index contributed by atoms with van der Waals surface area (Å²) < 4.78 is 0. The summed E-state index contributed by atoms with van der Waals surface area (Å²) in [6, 6.07) is 15.1. The lowest BCUT2D eigenvalue weighted by atomic mass is 10.1. The highest BCUT2D eigenvalue weighted by Crippen LogP contribution is 2.05. The van der Waals surface area contributed by atoms with Crippen LogP contribution in [-0.2, 0) is 0 Å². The Morgan fingerprint density at radius 1 is 0.289 bits per heavy atom. The molecule has 0 spiro atoms. The smallest absolute Gasteiger partial charge is 0.335 e. The highest BCUT2D eigenvalue weighted by molar-refractivity contribution is 6.92. The average Bonchev–Trinajstić information content (AvgIpc) is 2.84. The summed E-state index contributed by atoms with van der Waals surface area (Å²) in [6.07, 6.45) is 0. The number of benzene rings is 3. The maximum atomic E-state index is 10.3. The minimum Gasteiger partial charge on any atom is -0.478 e. The van der Waals surface area contributed by atoms with Crippen molar-refractivity contribution in [1.29, 1.82) is 0 Å². The number of carboxylic acid groups (broad SMARTS) is 6. The van der Waals surface area contributed by atoms with Crippen LogP contribution in [0.1, 0.15) is 62.1 Å². The van der Waals surface area contributed by atoms with Gasteiger partial charge in [0.05, 0.1) is 33.4 Å². The van der Waals surface area contributed by atoms with E-state index in [2.05, 4.69) is 0 Å². The van der Waals surface area contributed by atoms with E-state index < -0.39 is 35.8 Å². The standard InChI is InChI=1S/3C8H6O4.2H3P/c3*9-7(10)5-1-2-6(4-3-5)8(11)12;;/h3*1-4H,(H,9,10)(H,11,12);2*1H3. The van der Waals surface area contributed by atoms with Gasteiger partial charge in [-0.2, -0.15) is 19.8 Å². The van der Waals surface area contributed by atoms with Crippen LogP contribution in [0.3, 0.4) is 0 Å². The molecule has 202 valence electrons. The quantitative estimate of drug-likeness (QED) is 0.236. The number of carboxylic acids is 6. The Balaban J connectivity index is 0. The molecule has 0 aliphatic heterocycles. The van der Waals surface area contributed by atoms with E-state index in [0.29, 0.717) is 0 Å². The van der Waals surface area contributed by atoms with Crippen LogP contribution in [0.25, 0.3) is 0 Å². The van der Waals surface area contributed by atoms with Gasteiger partial charge in [-0.25, -0.2) is 28.8 Å². The molecule has 0 fully saturated rings. The van der Waals surface area contributed by atoms with Gasteiger partial charge in [-0.3, -0.25) is 0 Å². The Morgan fingerprint density at radius 3 is 0.421 bits per heavy atom. The molecule has 0 amide bonds. The number of carbonyl (C=O) groups is 6. The maximum absolute atomic E-state index is 10.3. The number of aromatic carboxylic acids is 6. The Bertz CT molecular complexity index is 1010. The lowest BCUT2D eigenvalue weighted by molar-refractivity contribution is 0.0681. The van der Waals surface area contributed by atoms with Crippen molar-refractivity contribution >= 4 is 55.6 Å². The zero-order valence-corrected chi connectivity index (χ0v) is 22.3. The van der Waals surface area contributed by atoms with Gasteiger partial charge in [0.2, 0.25) is 0 Å². The molecule has 0 aliphatic rings. The SMILES string of the molecule is O=C(O)c1ccc(C(=O)O)cc1.O=C(O)c1ccc(C(=O)O)cc1.O=C(O)c1ccc(C(=O)O)cc1.P.P. The Kier molecular flexibility index (Phi) is 15.8. The van der Waals surface area contributed by atoms with Gasteiger partial charge < -0.3 is 30.6 Å². The zero-order valence-electron chi connectivity index (χ0n) is 19.5. The number of rotatable bonds is 6. The fourth-order valence-electron chi connectivity index (χ4n) is 2.27. The molecular formula is C24H24O12P2. The first-order valence-electron chi connectivity index (χ1n) is 9.53. The van der Waals surface area contributed by atoms with E-state index in [9.17, 15) is 28.8 Å². The lowest BCUT2D eigenvalue weighted by Crippen LogP contribution is -1.99. The second-order valence-electron chi connectivity index (χ2n) is 6.56. The summed E-state index contributed by atoms with van der Waals surface area (Å²) in [5.41, 5.74) is 0.500. The largest absolute Gasteiger partial charge is 0.478 e. The highest BCUT2D eigenvalue weighted by atomic mass is 31.0. The van der Waals surface area contributed by atoms with Crippen LogP contribution in [0, 0.1) is 0 Å². The molecule has 3 aromatic rings. The lowest BCUT2D eigenvalue weighted by Gasteiger charge is -1.94. The fraction of sp³-hybridized carbons (Fsp3) is 0. The van der Waals surface area contributed by atoms with Gasteiger partial charge in [0.25, 0.3) is 0 Å². The van der Waals surface area contributed by atoms with Crippen molar-refractivity contribution in [2.75, 3.05) is 0 Å². The van der Waals surface area contributed by atoms with Gasteiger partial charge in [0.15, 0.2) is 0 Å². The first-order chi connectivity index (χ1) is 16.8. The van der Waals surface area contributed by atoms with Crippen LogP contribution in [0.4, 0.5) is 0 Å². The molecule has 12 nitrogen and oxygen atoms in total. The zero-order chi connectivity index (χ0) is 27.4. The summed E-state index contributed by atoms with van der Waals surface area (Å²) in [5.74, 6) is -6.38. The van der Waals surface area contributed by atoms with Crippen molar-refractivity contribution in [3.8, 4) is 0 Å². The van der Waals surface area contributed by atoms with Gasteiger partial charge in [-0.1, -0.05) is 0 Å². The average molecular weight is 566 g/mol. The van der Waals surface area contributed by atoms with Crippen LogP contribution in [-0.4, -0.2) is 66.5 Å². The number of hydrogen-bond acceptors (Lipinski definition) is 6. The third kappa shape index (κ3) is 11.9. The van der Waals surface area contributed by atoms with Crippen LogP contribution in [0.5, 0.6) is 0 Å². The maximum Gasteiger partial charge on any atom is 0.335 e. The van der Waals surface area contributed by atoms with Crippen molar-refractivity contribution in [2.24, 2.45) is 0 Å². The van der Waals surface area contributed by atoms with E-state index >= 15 is 0 Å². The van der Waals surface area contributed by atoms with Gasteiger partial charge in [-0.05, 0) is 72.8 Å². The topological polar surface area (TPSA) is 224 Å². The first-order valence-corrected chi connectivity index (χ1v) is 9.53. The van der Waals surface area contributed by atoms with Crippen molar-refractivity contribution in [3.63, 3.8) is 0 Å². The number of hydrogen-bond donors (Lipinski definition) is 6. The molecule has 0 aromatic heterocycles. The molecule has 2 unspecified atom stereocenters. The molecule has 3 rings (SSSR count). The molecule has 0 radical (unpaired) electrons. The van der Waals surface area contributed by atoms with Gasteiger partial charge in [0.1, 0.15) is 0 Å². The molecule has 2 atom stereocenters. The van der Waals surface area contributed by atoms with Crippen molar-refractivity contribution in [2.45, 2.75) is 0 Å². The first kappa shape index (κ1) is 35.5. The van der Waals surface area contributed by atoms with E-state index in [4.69, 9.17) is 30.6 Å².